The van der Waals surface area contributed by atoms with Crippen LogP contribution in [0.15, 0.2) is 54.6 Å². The highest BCUT2D eigenvalue weighted by molar-refractivity contribution is 6.30. The molecule has 0 spiro atoms. The zero-order valence-electron chi connectivity index (χ0n) is 16.4. The number of carbonyl (C=O) groups is 2. The molecule has 1 aliphatic rings. The Morgan fingerprint density at radius 2 is 1.72 bits per heavy atom. The maximum absolute atomic E-state index is 13.3. The third-order valence-corrected chi connectivity index (χ3v) is 5.60. The summed E-state index contributed by atoms with van der Waals surface area (Å²) in [5.74, 6) is -0.756. The molecule has 2 amide bonds. The molecule has 154 valence electrons. The summed E-state index contributed by atoms with van der Waals surface area (Å²) < 4.78 is 4.34. The Hall–Kier alpha value is -2.41. The van der Waals surface area contributed by atoms with Crippen molar-refractivity contribution in [1.82, 2.24) is 9.55 Å². The normalized spacial score (nSPS) is 16.9. The van der Waals surface area contributed by atoms with E-state index in [0.29, 0.717) is 36.6 Å². The van der Waals surface area contributed by atoms with Crippen molar-refractivity contribution in [1.29, 1.82) is 0 Å². The van der Waals surface area contributed by atoms with Crippen LogP contribution in [-0.4, -0.2) is 36.5 Å². The monoisotopic (exact) mass is 416 g/mol. The average Bonchev–Trinajstić information content (AvgIpc) is 2.77. The molecule has 0 aliphatic carbocycles. The van der Waals surface area contributed by atoms with E-state index in [-0.39, 0.29) is 25.0 Å². The molecule has 29 heavy (non-hydrogen) atoms. The van der Waals surface area contributed by atoms with Gasteiger partial charge in [0.25, 0.3) is 0 Å². The lowest BCUT2D eigenvalue weighted by atomic mass is 9.95. The Kier molecular flexibility index (Phi) is 6.90. The Morgan fingerprint density at radius 1 is 1.10 bits per heavy atom. The van der Waals surface area contributed by atoms with Crippen molar-refractivity contribution < 1.29 is 14.3 Å². The SMILES string of the molecule is CC[N+]([O-])(C(=O)C1CCN(C(=O)OCc2ccccc2)CC1)c1ccc(Cl)cc1. The van der Waals surface area contributed by atoms with Crippen molar-refractivity contribution in [2.45, 2.75) is 26.4 Å². The Labute approximate surface area is 175 Å². The minimum atomic E-state index is -1.01. The number of carbonyl (C=O) groups excluding carboxylic acids is 2. The van der Waals surface area contributed by atoms with Crippen LogP contribution in [0.25, 0.3) is 0 Å². The number of likely N-dealkylation sites (tertiary alicyclic amines) is 1. The number of ether oxygens (including phenoxy) is 1. The third-order valence-electron chi connectivity index (χ3n) is 5.35. The second-order valence-corrected chi connectivity index (χ2v) is 7.61. The van der Waals surface area contributed by atoms with Crippen LogP contribution >= 0.6 is 11.6 Å². The van der Waals surface area contributed by atoms with Crippen LogP contribution in [-0.2, 0) is 16.1 Å². The maximum Gasteiger partial charge on any atom is 0.410 e. The summed E-state index contributed by atoms with van der Waals surface area (Å²) in [5.41, 5.74) is 1.30. The van der Waals surface area contributed by atoms with Gasteiger partial charge in [-0.3, -0.25) is 4.65 Å². The Morgan fingerprint density at radius 3 is 2.31 bits per heavy atom. The van der Waals surface area contributed by atoms with E-state index in [1.165, 1.54) is 0 Å². The van der Waals surface area contributed by atoms with Crippen LogP contribution in [0.1, 0.15) is 25.3 Å². The van der Waals surface area contributed by atoms with Gasteiger partial charge in [-0.1, -0.05) is 41.9 Å². The van der Waals surface area contributed by atoms with Gasteiger partial charge < -0.3 is 14.8 Å². The highest BCUT2D eigenvalue weighted by atomic mass is 35.5. The number of hydrogen-bond acceptors (Lipinski definition) is 4. The molecule has 0 saturated carbocycles. The van der Waals surface area contributed by atoms with E-state index < -0.39 is 10.7 Å². The highest BCUT2D eigenvalue weighted by Gasteiger charge is 2.38. The van der Waals surface area contributed by atoms with Crippen molar-refractivity contribution in [3.8, 4) is 0 Å². The van der Waals surface area contributed by atoms with Gasteiger partial charge in [-0.05, 0) is 37.5 Å². The van der Waals surface area contributed by atoms with E-state index in [1.54, 1.807) is 36.1 Å². The van der Waals surface area contributed by atoms with E-state index in [4.69, 9.17) is 16.3 Å². The number of nitrogens with zero attached hydrogens (tertiary/aromatic N) is 2. The number of rotatable bonds is 5. The van der Waals surface area contributed by atoms with Crippen molar-refractivity contribution in [2.24, 2.45) is 5.92 Å². The summed E-state index contributed by atoms with van der Waals surface area (Å²) >= 11 is 5.90. The van der Waals surface area contributed by atoms with Gasteiger partial charge in [0.15, 0.2) is 0 Å². The van der Waals surface area contributed by atoms with Crippen molar-refractivity contribution in [3.05, 3.63) is 70.4 Å². The maximum atomic E-state index is 13.3. The zero-order valence-corrected chi connectivity index (χ0v) is 17.2. The fraction of sp³-hybridized carbons (Fsp3) is 0.364. The molecular weight excluding hydrogens is 392 g/mol. The quantitative estimate of drug-likeness (QED) is 0.521. The van der Waals surface area contributed by atoms with E-state index in [9.17, 15) is 14.8 Å². The topological polar surface area (TPSA) is 69.7 Å². The van der Waals surface area contributed by atoms with Gasteiger partial charge in [0.2, 0.25) is 0 Å². The lowest BCUT2D eigenvalue weighted by molar-refractivity contribution is -0.133. The molecule has 0 aromatic heterocycles. The summed E-state index contributed by atoms with van der Waals surface area (Å²) in [7, 11) is 0. The number of amides is 2. The van der Waals surface area contributed by atoms with Gasteiger partial charge in [-0.2, -0.15) is 0 Å². The second-order valence-electron chi connectivity index (χ2n) is 7.17. The zero-order chi connectivity index (χ0) is 20.9. The molecule has 1 saturated heterocycles. The molecule has 1 atom stereocenters. The number of halogens is 1. The number of quaternary nitrogens is 1. The number of hydroxylamine groups is 2. The predicted molar refractivity (Wildman–Crippen MR) is 113 cm³/mol. The lowest BCUT2D eigenvalue weighted by Crippen LogP contribution is -2.54. The van der Waals surface area contributed by atoms with Gasteiger partial charge >= 0.3 is 12.0 Å². The molecule has 1 unspecified atom stereocenters. The van der Waals surface area contributed by atoms with Crippen LogP contribution in [0.2, 0.25) is 5.02 Å². The average molecular weight is 417 g/mol. The first-order valence-electron chi connectivity index (χ1n) is 9.79. The smallest absolute Gasteiger partial charge is 0.410 e. The Balaban J connectivity index is 1.57. The number of piperidine rings is 1. The summed E-state index contributed by atoms with van der Waals surface area (Å²) in [6.45, 7) is 2.82. The van der Waals surface area contributed by atoms with Gasteiger partial charge in [-0.25, -0.2) is 9.59 Å². The summed E-state index contributed by atoms with van der Waals surface area (Å²) in [6, 6.07) is 15.9. The predicted octanol–water partition coefficient (Wildman–Crippen LogP) is 4.74. The van der Waals surface area contributed by atoms with Gasteiger partial charge in [0.05, 0.1) is 12.5 Å². The first-order valence-corrected chi connectivity index (χ1v) is 10.2. The first kappa shape index (κ1) is 21.3. The number of benzene rings is 2. The molecule has 6 nitrogen and oxygen atoms in total. The van der Waals surface area contributed by atoms with Crippen molar-refractivity contribution in [2.75, 3.05) is 19.6 Å². The van der Waals surface area contributed by atoms with Crippen molar-refractivity contribution in [3.63, 3.8) is 0 Å². The second kappa shape index (κ2) is 9.39. The number of hydrogen-bond donors (Lipinski definition) is 0. The first-order chi connectivity index (χ1) is 13.9. The Bertz CT molecular complexity index is 836. The van der Waals surface area contributed by atoms with Crippen LogP contribution in [0.4, 0.5) is 10.5 Å². The van der Waals surface area contributed by atoms with Gasteiger partial charge in [-0.15, -0.1) is 0 Å². The molecule has 2 aromatic carbocycles. The van der Waals surface area contributed by atoms with Crippen LogP contribution in [0.3, 0.4) is 0 Å². The molecule has 3 rings (SSSR count). The lowest BCUT2D eigenvalue weighted by Gasteiger charge is -2.42. The van der Waals surface area contributed by atoms with E-state index in [0.717, 1.165) is 5.56 Å². The van der Waals surface area contributed by atoms with Crippen molar-refractivity contribution >= 4 is 29.3 Å². The van der Waals surface area contributed by atoms with Crippen LogP contribution in [0.5, 0.6) is 0 Å². The standard InChI is InChI=1S/C22H25ClN2O4/c1-2-25(28,20-10-8-19(23)9-11-20)21(26)18-12-14-24(15-13-18)22(27)29-16-17-6-4-3-5-7-17/h3-11,18H,2,12-16H2,1H3. The van der Waals surface area contributed by atoms with Gasteiger partial charge in [0, 0.05) is 30.2 Å². The highest BCUT2D eigenvalue weighted by Crippen LogP contribution is 2.30. The molecule has 1 fully saturated rings. The minimum absolute atomic E-state index is 0.111. The van der Waals surface area contributed by atoms with E-state index in [2.05, 4.69) is 0 Å². The van der Waals surface area contributed by atoms with Crippen LogP contribution < -0.4 is 4.65 Å². The molecule has 0 radical (unpaired) electrons. The molecule has 1 aliphatic heterocycles. The molecule has 7 heteroatoms. The summed E-state index contributed by atoms with van der Waals surface area (Å²) in [6.07, 6.45) is 0.514. The van der Waals surface area contributed by atoms with Gasteiger partial charge in [0.1, 0.15) is 12.3 Å². The minimum Gasteiger partial charge on any atom is -0.620 e. The summed E-state index contributed by atoms with van der Waals surface area (Å²) in [4.78, 5) is 26.9. The molecule has 2 aromatic rings. The fourth-order valence-corrected chi connectivity index (χ4v) is 3.69. The largest absolute Gasteiger partial charge is 0.620 e. The van der Waals surface area contributed by atoms with Crippen LogP contribution in [0, 0.1) is 11.1 Å². The molecule has 0 bridgehead atoms. The molecule has 1 heterocycles. The van der Waals surface area contributed by atoms with E-state index in [1.807, 2.05) is 30.3 Å². The third kappa shape index (κ3) is 4.96. The van der Waals surface area contributed by atoms with E-state index >= 15 is 0 Å². The summed E-state index contributed by atoms with van der Waals surface area (Å²) in [5, 5.41) is 13.8. The molecular formula is C22H25ClN2O4. The molecule has 0 N–H and O–H groups in total. The fourth-order valence-electron chi connectivity index (χ4n) is 3.56.